The highest BCUT2D eigenvalue weighted by Crippen LogP contribution is 2.34. The van der Waals surface area contributed by atoms with E-state index >= 15 is 0 Å². The van der Waals surface area contributed by atoms with Crippen molar-refractivity contribution in [1.29, 1.82) is 0 Å². The Morgan fingerprint density at radius 3 is 2.48 bits per heavy atom. The van der Waals surface area contributed by atoms with Crippen molar-refractivity contribution in [3.05, 3.63) is 65.0 Å². The Morgan fingerprint density at radius 1 is 0.935 bits per heavy atom. The number of nitrogens with zero attached hydrogens (tertiary/aromatic N) is 3. The lowest BCUT2D eigenvalue weighted by molar-refractivity contribution is 0.355. The van der Waals surface area contributed by atoms with E-state index in [1.54, 1.807) is 32.7 Å². The van der Waals surface area contributed by atoms with Crippen LogP contribution in [-0.4, -0.2) is 36.5 Å². The van der Waals surface area contributed by atoms with Gasteiger partial charge in [0.25, 0.3) is 5.22 Å². The van der Waals surface area contributed by atoms with Gasteiger partial charge in [-0.15, -0.1) is 21.5 Å². The minimum absolute atomic E-state index is 0.532. The summed E-state index contributed by atoms with van der Waals surface area (Å²) in [7, 11) is 4.89. The van der Waals surface area contributed by atoms with Crippen molar-refractivity contribution in [3.8, 4) is 27.8 Å². The van der Waals surface area contributed by atoms with Crippen LogP contribution in [0.2, 0.25) is 0 Å². The zero-order chi connectivity index (χ0) is 21.6. The Hall–Kier alpha value is -3.04. The third-order valence-electron chi connectivity index (χ3n) is 4.49. The van der Waals surface area contributed by atoms with Gasteiger partial charge in [-0.25, -0.2) is 4.98 Å². The second kappa shape index (κ2) is 9.84. The number of rotatable bonds is 9. The van der Waals surface area contributed by atoms with Crippen molar-refractivity contribution in [2.24, 2.45) is 0 Å². The fraction of sp³-hybridized carbons (Fsp3) is 0.227. The van der Waals surface area contributed by atoms with Gasteiger partial charge in [-0.2, -0.15) is 0 Å². The standard InChI is InChI=1S/C22H21N3O4S2/c1-26-17-7-4-14(5-8-17)10-20-24-25-22(29-20)31-13-16-12-30-21(23-16)15-6-9-18(27-2)19(11-15)28-3/h4-9,11-12H,10,13H2,1-3H3. The summed E-state index contributed by atoms with van der Waals surface area (Å²) >= 11 is 3.06. The van der Waals surface area contributed by atoms with Gasteiger partial charge in [-0.3, -0.25) is 0 Å². The molecule has 0 aliphatic rings. The molecule has 31 heavy (non-hydrogen) atoms. The van der Waals surface area contributed by atoms with Crippen LogP contribution in [0.1, 0.15) is 17.1 Å². The van der Waals surface area contributed by atoms with E-state index in [9.17, 15) is 0 Å². The molecular formula is C22H21N3O4S2. The maximum absolute atomic E-state index is 5.77. The lowest BCUT2D eigenvalue weighted by Crippen LogP contribution is -1.90. The van der Waals surface area contributed by atoms with Gasteiger partial charge in [-0.1, -0.05) is 23.9 Å². The Balaban J connectivity index is 1.37. The molecule has 0 unspecified atom stereocenters. The van der Waals surface area contributed by atoms with Gasteiger partial charge in [-0.05, 0) is 35.9 Å². The highest BCUT2D eigenvalue weighted by atomic mass is 32.2. The van der Waals surface area contributed by atoms with Crippen molar-refractivity contribution >= 4 is 23.1 Å². The van der Waals surface area contributed by atoms with Crippen LogP contribution < -0.4 is 14.2 Å². The monoisotopic (exact) mass is 455 g/mol. The first-order valence-electron chi connectivity index (χ1n) is 9.43. The molecule has 2 aromatic heterocycles. The fourth-order valence-electron chi connectivity index (χ4n) is 2.90. The minimum Gasteiger partial charge on any atom is -0.497 e. The molecule has 0 saturated carbocycles. The third kappa shape index (κ3) is 5.18. The zero-order valence-corrected chi connectivity index (χ0v) is 19.0. The summed E-state index contributed by atoms with van der Waals surface area (Å²) in [6.45, 7) is 0. The van der Waals surface area contributed by atoms with Gasteiger partial charge < -0.3 is 18.6 Å². The van der Waals surface area contributed by atoms with Crippen LogP contribution in [-0.2, 0) is 12.2 Å². The second-order valence-corrected chi connectivity index (χ2v) is 8.27. The van der Waals surface area contributed by atoms with Gasteiger partial charge in [0.15, 0.2) is 11.5 Å². The lowest BCUT2D eigenvalue weighted by Gasteiger charge is -2.08. The number of methoxy groups -OCH3 is 3. The first-order valence-corrected chi connectivity index (χ1v) is 11.3. The molecule has 0 fully saturated rings. The van der Waals surface area contributed by atoms with Gasteiger partial charge >= 0.3 is 0 Å². The highest BCUT2D eigenvalue weighted by molar-refractivity contribution is 7.98. The molecule has 0 aliphatic heterocycles. The number of ether oxygens (including phenoxy) is 3. The molecule has 0 bridgehead atoms. The van der Waals surface area contributed by atoms with Gasteiger partial charge in [0.05, 0.1) is 33.4 Å². The first kappa shape index (κ1) is 21.2. The van der Waals surface area contributed by atoms with Gasteiger partial charge in [0, 0.05) is 16.7 Å². The Bertz CT molecular complexity index is 1140. The molecular weight excluding hydrogens is 434 g/mol. The number of hydrogen-bond donors (Lipinski definition) is 0. The van der Waals surface area contributed by atoms with Crippen molar-refractivity contribution in [1.82, 2.24) is 15.2 Å². The Morgan fingerprint density at radius 2 is 1.74 bits per heavy atom. The quantitative estimate of drug-likeness (QED) is 0.323. The number of thiazole rings is 1. The highest BCUT2D eigenvalue weighted by Gasteiger charge is 2.12. The summed E-state index contributed by atoms with van der Waals surface area (Å²) in [6.07, 6.45) is 0.581. The summed E-state index contributed by atoms with van der Waals surface area (Å²) in [5, 5.41) is 11.8. The number of aromatic nitrogens is 3. The predicted octanol–water partition coefficient (Wildman–Crippen LogP) is 5.10. The molecule has 0 N–H and O–H groups in total. The predicted molar refractivity (Wildman–Crippen MR) is 120 cm³/mol. The summed E-state index contributed by atoms with van der Waals surface area (Å²) in [4.78, 5) is 4.72. The molecule has 0 saturated heterocycles. The molecule has 0 atom stereocenters. The molecule has 7 nitrogen and oxygen atoms in total. The Labute approximate surface area is 188 Å². The van der Waals surface area contributed by atoms with E-state index < -0.39 is 0 Å². The Kier molecular flexibility index (Phi) is 6.73. The summed E-state index contributed by atoms with van der Waals surface area (Å²) in [6, 6.07) is 13.6. The van der Waals surface area contributed by atoms with Gasteiger partial charge in [0.2, 0.25) is 5.89 Å². The summed E-state index contributed by atoms with van der Waals surface area (Å²) in [5.74, 6) is 3.42. The van der Waals surface area contributed by atoms with Crippen LogP contribution in [0.25, 0.3) is 10.6 Å². The van der Waals surface area contributed by atoms with Crippen LogP contribution in [0.5, 0.6) is 17.2 Å². The van der Waals surface area contributed by atoms with Crippen molar-refractivity contribution < 1.29 is 18.6 Å². The van der Waals surface area contributed by atoms with E-state index in [0.717, 1.165) is 27.6 Å². The van der Waals surface area contributed by atoms with E-state index in [-0.39, 0.29) is 0 Å². The molecule has 2 aromatic carbocycles. The van der Waals surface area contributed by atoms with Crippen molar-refractivity contribution in [2.75, 3.05) is 21.3 Å². The number of hydrogen-bond acceptors (Lipinski definition) is 9. The SMILES string of the molecule is COc1ccc(Cc2nnc(SCc3csc(-c4ccc(OC)c(OC)c4)n3)o2)cc1. The van der Waals surface area contributed by atoms with Crippen LogP contribution in [0.4, 0.5) is 0 Å². The molecule has 4 aromatic rings. The zero-order valence-electron chi connectivity index (χ0n) is 17.3. The molecule has 0 aliphatic carbocycles. The van der Waals surface area contributed by atoms with Crippen LogP contribution >= 0.6 is 23.1 Å². The van der Waals surface area contributed by atoms with Crippen LogP contribution in [0, 0.1) is 0 Å². The molecule has 4 rings (SSSR count). The molecule has 0 amide bonds. The van der Waals surface area contributed by atoms with Crippen LogP contribution in [0.15, 0.2) is 57.5 Å². The number of benzene rings is 2. The second-order valence-electron chi connectivity index (χ2n) is 6.49. The smallest absolute Gasteiger partial charge is 0.276 e. The minimum atomic E-state index is 0.532. The normalized spacial score (nSPS) is 10.8. The van der Waals surface area contributed by atoms with E-state index in [0.29, 0.717) is 34.8 Å². The molecule has 0 radical (unpaired) electrons. The summed E-state index contributed by atoms with van der Waals surface area (Å²) < 4.78 is 21.6. The van der Waals surface area contributed by atoms with E-state index in [4.69, 9.17) is 23.6 Å². The first-order chi connectivity index (χ1) is 15.2. The molecule has 9 heteroatoms. The number of thioether (sulfide) groups is 1. The third-order valence-corrected chi connectivity index (χ3v) is 6.28. The lowest BCUT2D eigenvalue weighted by atomic mass is 10.1. The van der Waals surface area contributed by atoms with E-state index in [2.05, 4.69) is 10.2 Å². The average molecular weight is 456 g/mol. The van der Waals surface area contributed by atoms with E-state index in [1.165, 1.54) is 11.8 Å². The van der Waals surface area contributed by atoms with E-state index in [1.807, 2.05) is 47.8 Å². The molecule has 0 spiro atoms. The van der Waals surface area contributed by atoms with Gasteiger partial charge in [0.1, 0.15) is 10.8 Å². The largest absolute Gasteiger partial charge is 0.497 e. The van der Waals surface area contributed by atoms with Crippen molar-refractivity contribution in [3.63, 3.8) is 0 Å². The van der Waals surface area contributed by atoms with Crippen LogP contribution in [0.3, 0.4) is 0 Å². The maximum atomic E-state index is 5.77. The van der Waals surface area contributed by atoms with Crippen molar-refractivity contribution in [2.45, 2.75) is 17.4 Å². The maximum Gasteiger partial charge on any atom is 0.276 e. The average Bonchev–Trinajstić information content (AvgIpc) is 3.47. The molecule has 160 valence electrons. The fourth-order valence-corrected chi connectivity index (χ4v) is 4.49. The molecule has 2 heterocycles. The topological polar surface area (TPSA) is 79.5 Å². The summed E-state index contributed by atoms with van der Waals surface area (Å²) in [5.41, 5.74) is 3.02.